The number of imide groups is 2. The van der Waals surface area contributed by atoms with E-state index in [0.29, 0.717) is 102 Å². The third-order valence-electron chi connectivity index (χ3n) is 17.2. The third kappa shape index (κ3) is 12.7. The Hall–Kier alpha value is -8.84. The molecule has 3 N–H and O–H groups in total. The Morgan fingerprint density at radius 2 is 0.884 bits per heavy atom. The number of anilines is 3. The van der Waals surface area contributed by atoms with E-state index in [2.05, 4.69) is 97.3 Å². The van der Waals surface area contributed by atoms with Gasteiger partial charge in [0.1, 0.15) is 0 Å². The minimum Gasteiger partial charge on any atom is -0.493 e. The fourth-order valence-electron chi connectivity index (χ4n) is 12.5. The molecule has 4 atom stereocenters. The normalized spacial score (nSPS) is 16.6. The Kier molecular flexibility index (Phi) is 19.6. The highest BCUT2D eigenvalue weighted by Crippen LogP contribution is 2.43. The van der Waals surface area contributed by atoms with Gasteiger partial charge in [0.2, 0.25) is 5.95 Å². The van der Waals surface area contributed by atoms with E-state index in [9.17, 15) is 19.2 Å². The van der Waals surface area contributed by atoms with E-state index in [4.69, 9.17) is 24.7 Å². The van der Waals surface area contributed by atoms with Gasteiger partial charge in [0.05, 0.1) is 74.2 Å². The standard InChI is InChI=1S/C36H40N6O4.C32H38N4O4/c1-25(26-10-5-4-6-11-26)40-20-22-41(23-21-40)30-13-7-12-28-33(30)35(44)42(34(28)43)29(14-8-17-37-36-38-18-9-19-39-36)27-15-16-31(45-2)32(24-27)46-3;1-22(23-9-5-4-6-10-23)34-17-19-35(20-18-34)27-12-7-11-25-30(27)32(38)36(31(25)37)26(13-8-16-33)24-14-15-28(39-2)29(21-24)40-3/h4-7,9-13,15-16,18-19,24-25,29H,8,14,17,20-23H2,1-3H3,(H,37,38,39);4-7,9-12,14-15,21-22,26H,8,13,16-20,33H2,1-3H3/t25-,29-;22-,26-/m11/s1. The first-order valence-corrected chi connectivity index (χ1v) is 29.7. The van der Waals surface area contributed by atoms with Crippen molar-refractivity contribution in [2.24, 2.45) is 5.73 Å². The van der Waals surface area contributed by atoms with Crippen LogP contribution in [0.4, 0.5) is 17.3 Å². The van der Waals surface area contributed by atoms with Crippen LogP contribution in [0, 0.1) is 0 Å². The summed E-state index contributed by atoms with van der Waals surface area (Å²) in [7, 11) is 6.32. The van der Waals surface area contributed by atoms with Gasteiger partial charge in [0.15, 0.2) is 23.0 Å². The number of aromatic nitrogens is 2. The highest BCUT2D eigenvalue weighted by Gasteiger charge is 2.45. The first-order valence-electron chi connectivity index (χ1n) is 29.7. The summed E-state index contributed by atoms with van der Waals surface area (Å²) in [6.07, 6.45) is 5.79. The molecule has 0 radical (unpaired) electrons. The van der Waals surface area contributed by atoms with Gasteiger partial charge >= 0.3 is 0 Å². The van der Waals surface area contributed by atoms with Crippen molar-refractivity contribution in [2.45, 2.75) is 63.7 Å². The number of hydrogen-bond acceptors (Lipinski definition) is 16. The smallest absolute Gasteiger partial charge is 0.264 e. The predicted molar refractivity (Wildman–Crippen MR) is 334 cm³/mol. The minimum atomic E-state index is -0.512. The van der Waals surface area contributed by atoms with Gasteiger partial charge < -0.3 is 39.8 Å². The molecule has 0 saturated carbocycles. The molecule has 4 aliphatic heterocycles. The maximum atomic E-state index is 14.4. The Balaban J connectivity index is 0.000000193. The zero-order chi connectivity index (χ0) is 60.3. The average molecular weight is 1160 g/mol. The molecule has 0 aliphatic carbocycles. The Morgan fingerprint density at radius 1 is 0.465 bits per heavy atom. The summed E-state index contributed by atoms with van der Waals surface area (Å²) in [6.45, 7) is 12.1. The number of carbonyl (C=O) groups excluding carboxylic acids is 4. The molecular weight excluding hydrogens is 1080 g/mol. The molecule has 0 spiro atoms. The van der Waals surface area contributed by atoms with E-state index in [1.807, 2.05) is 72.8 Å². The van der Waals surface area contributed by atoms with Crippen molar-refractivity contribution in [3.8, 4) is 23.0 Å². The summed E-state index contributed by atoms with van der Waals surface area (Å²) in [5.41, 5.74) is 13.6. The largest absolute Gasteiger partial charge is 0.493 e. The maximum absolute atomic E-state index is 14.4. The van der Waals surface area contributed by atoms with Crippen molar-refractivity contribution in [3.05, 3.63) is 196 Å². The molecule has 5 heterocycles. The number of nitrogens with one attached hydrogen (secondary N) is 1. The van der Waals surface area contributed by atoms with Gasteiger partial charge in [-0.25, -0.2) is 9.97 Å². The second-order valence-corrected chi connectivity index (χ2v) is 21.9. The van der Waals surface area contributed by atoms with E-state index < -0.39 is 12.1 Å². The van der Waals surface area contributed by atoms with Crippen LogP contribution >= 0.6 is 0 Å². The predicted octanol–water partition coefficient (Wildman–Crippen LogP) is 10.3. The molecule has 18 nitrogen and oxygen atoms in total. The Labute approximate surface area is 504 Å². The maximum Gasteiger partial charge on any atom is 0.264 e. The van der Waals surface area contributed by atoms with Crippen LogP contribution in [0.2, 0.25) is 0 Å². The molecular formula is C68H78N10O8. The van der Waals surface area contributed by atoms with Gasteiger partial charge in [-0.15, -0.1) is 0 Å². The van der Waals surface area contributed by atoms with Crippen LogP contribution in [-0.4, -0.2) is 147 Å². The van der Waals surface area contributed by atoms with Crippen molar-refractivity contribution in [1.82, 2.24) is 29.6 Å². The van der Waals surface area contributed by atoms with Crippen LogP contribution in [0.1, 0.15) is 127 Å². The van der Waals surface area contributed by atoms with E-state index >= 15 is 0 Å². The Morgan fingerprint density at radius 3 is 1.29 bits per heavy atom. The van der Waals surface area contributed by atoms with Crippen molar-refractivity contribution in [3.63, 3.8) is 0 Å². The number of carbonyl (C=O) groups is 4. The van der Waals surface area contributed by atoms with Gasteiger partial charge in [-0.05, 0) is 123 Å². The molecule has 0 bridgehead atoms. The van der Waals surface area contributed by atoms with Crippen LogP contribution in [0.15, 0.2) is 152 Å². The quantitative estimate of drug-likeness (QED) is 0.0481. The molecule has 18 heteroatoms. The monoisotopic (exact) mass is 1160 g/mol. The lowest BCUT2D eigenvalue weighted by atomic mass is 9.99. The number of hydrogen-bond donors (Lipinski definition) is 2. The van der Waals surface area contributed by atoms with Crippen LogP contribution in [0.5, 0.6) is 23.0 Å². The molecule has 86 heavy (non-hydrogen) atoms. The lowest BCUT2D eigenvalue weighted by Crippen LogP contribution is -2.47. The van der Waals surface area contributed by atoms with Crippen molar-refractivity contribution >= 4 is 41.0 Å². The van der Waals surface area contributed by atoms with Crippen molar-refractivity contribution in [1.29, 1.82) is 0 Å². The zero-order valence-corrected chi connectivity index (χ0v) is 50.1. The first kappa shape index (κ1) is 60.3. The van der Waals surface area contributed by atoms with E-state index in [1.165, 1.54) is 20.9 Å². The van der Waals surface area contributed by atoms with Crippen LogP contribution in [-0.2, 0) is 0 Å². The molecule has 1 aromatic heterocycles. The molecule has 4 aliphatic rings. The van der Waals surface area contributed by atoms with Crippen molar-refractivity contribution in [2.75, 3.05) is 109 Å². The van der Waals surface area contributed by atoms with E-state index in [-0.39, 0.29) is 23.6 Å². The van der Waals surface area contributed by atoms with Gasteiger partial charge in [-0.2, -0.15) is 0 Å². The SMILES string of the molecule is COc1ccc([C@@H](CCCN)N2C(=O)c3cccc(N4CCN([C@H](C)c5ccccc5)CC4)c3C2=O)cc1OC.COc1ccc([C@@H](CCCNc2ncccn2)N2C(=O)c3cccc(N4CCN([C@H](C)c5ccccc5)CC4)c3C2=O)cc1OC. The third-order valence-corrected chi connectivity index (χ3v) is 17.2. The number of ether oxygens (including phenoxy) is 4. The van der Waals surface area contributed by atoms with Crippen molar-refractivity contribution < 1.29 is 38.1 Å². The fourth-order valence-corrected chi connectivity index (χ4v) is 12.5. The molecule has 7 aromatic rings. The van der Waals surface area contributed by atoms with Crippen LogP contribution in [0.25, 0.3) is 0 Å². The first-order chi connectivity index (χ1) is 42.0. The van der Waals surface area contributed by atoms with Gasteiger partial charge in [-0.3, -0.25) is 38.8 Å². The molecule has 2 saturated heterocycles. The summed E-state index contributed by atoms with van der Waals surface area (Å²) >= 11 is 0. The fraction of sp³-hybridized carbons (Fsp3) is 0.353. The molecule has 11 rings (SSSR count). The highest BCUT2D eigenvalue weighted by atomic mass is 16.5. The summed E-state index contributed by atoms with van der Waals surface area (Å²) in [6, 6.07) is 44.8. The lowest BCUT2D eigenvalue weighted by Gasteiger charge is -2.39. The zero-order valence-electron chi connectivity index (χ0n) is 50.1. The summed E-state index contributed by atoms with van der Waals surface area (Å²) in [5.74, 6) is 1.73. The number of amides is 4. The number of nitrogens with two attached hydrogens (primary N) is 1. The summed E-state index contributed by atoms with van der Waals surface area (Å²) in [5, 5.41) is 3.23. The Bertz CT molecular complexity index is 3470. The van der Waals surface area contributed by atoms with E-state index in [0.717, 1.165) is 74.9 Å². The minimum absolute atomic E-state index is 0.257. The summed E-state index contributed by atoms with van der Waals surface area (Å²) in [4.78, 5) is 77.0. The molecule has 2 fully saturated rings. The number of piperazine rings is 2. The lowest BCUT2D eigenvalue weighted by molar-refractivity contribution is 0.0557. The van der Waals surface area contributed by atoms with E-state index in [1.54, 1.807) is 59.0 Å². The number of methoxy groups -OCH3 is 4. The topological polar surface area (TPSA) is 188 Å². The number of nitrogens with zero attached hydrogens (tertiary/aromatic N) is 8. The second-order valence-electron chi connectivity index (χ2n) is 21.9. The molecule has 448 valence electrons. The summed E-state index contributed by atoms with van der Waals surface area (Å²) < 4.78 is 22.0. The molecule has 4 amide bonds. The molecule has 6 aromatic carbocycles. The number of rotatable bonds is 22. The van der Waals surface area contributed by atoms with Crippen LogP contribution in [0.3, 0.4) is 0 Å². The van der Waals surface area contributed by atoms with Gasteiger partial charge in [0.25, 0.3) is 23.6 Å². The number of fused-ring (bicyclic) bond motifs is 2. The van der Waals surface area contributed by atoms with Crippen LogP contribution < -0.4 is 39.8 Å². The van der Waals surface area contributed by atoms with Gasteiger partial charge in [0, 0.05) is 83.4 Å². The average Bonchev–Trinajstić information content (AvgIpc) is 1.90. The highest BCUT2D eigenvalue weighted by molar-refractivity contribution is 6.25. The number of benzene rings is 6. The second kappa shape index (κ2) is 27.9. The molecule has 0 unspecified atom stereocenters. The van der Waals surface area contributed by atoms with Gasteiger partial charge in [-0.1, -0.05) is 84.9 Å².